The van der Waals surface area contributed by atoms with Gasteiger partial charge in [-0.3, -0.25) is 0 Å². The van der Waals surface area contributed by atoms with Gasteiger partial charge in [-0.25, -0.2) is 0 Å². The van der Waals surface area contributed by atoms with Gasteiger partial charge in [0.1, 0.15) is 0 Å². The Balaban J connectivity index is 0.000000164. The maximum Gasteiger partial charge on any atom is 0.0585 e. The van der Waals surface area contributed by atoms with Crippen molar-refractivity contribution in [3.63, 3.8) is 0 Å². The summed E-state index contributed by atoms with van der Waals surface area (Å²) in [4.78, 5) is 2.36. The Labute approximate surface area is 426 Å². The number of aromatic nitrogens is 2. The Kier molecular flexibility index (Phi) is 11.1. The number of fused-ring (bicyclic) bond motifs is 9. The molecule has 0 saturated carbocycles. The topological polar surface area (TPSA) is 25.1 Å². The molecule has 4 nitrogen and oxygen atoms in total. The number of rotatable bonds is 8. The third kappa shape index (κ3) is 7.73. The summed E-state index contributed by atoms with van der Waals surface area (Å²) in [7, 11) is 0. The van der Waals surface area contributed by atoms with E-state index in [0.717, 1.165) is 43.8 Å². The van der Waals surface area contributed by atoms with Gasteiger partial charge in [0.15, 0.2) is 0 Å². The number of nitrogens with one attached hydrogen (secondary N) is 1. The predicted octanol–water partition coefficient (Wildman–Crippen LogP) is 19.5. The molecule has 0 unspecified atom stereocenters. The number of nitrogens with zero attached hydrogens (tertiary/aromatic N) is 3. The van der Waals surface area contributed by atoms with Gasteiger partial charge in [-0.15, -0.1) is 11.3 Å². The van der Waals surface area contributed by atoms with Crippen molar-refractivity contribution in [3.8, 4) is 22.5 Å². The molecule has 0 aliphatic carbocycles. The zero-order valence-electron chi connectivity index (χ0n) is 39.0. The Hall–Kier alpha value is -8.87. The van der Waals surface area contributed by atoms with E-state index in [2.05, 4.69) is 262 Å². The first-order chi connectivity index (χ1) is 35.6. The molecule has 72 heavy (non-hydrogen) atoms. The smallest absolute Gasteiger partial charge is 0.0585 e. The number of para-hydroxylation sites is 6. The van der Waals surface area contributed by atoms with Crippen molar-refractivity contribution < 1.29 is 0 Å². The predicted molar refractivity (Wildman–Crippen MR) is 309 cm³/mol. The van der Waals surface area contributed by atoms with E-state index in [1.54, 1.807) is 11.3 Å². The second kappa shape index (κ2) is 18.5. The third-order valence-electron chi connectivity index (χ3n) is 13.6. The van der Waals surface area contributed by atoms with Crippen LogP contribution in [0.15, 0.2) is 267 Å². The molecule has 14 aromatic rings. The molecule has 3 heterocycles. The lowest BCUT2D eigenvalue weighted by Gasteiger charge is -2.26. The molecule has 0 spiro atoms. The third-order valence-corrected chi connectivity index (χ3v) is 15.2. The minimum absolute atomic E-state index is 0.789. The molecule has 6 heteroatoms. The van der Waals surface area contributed by atoms with E-state index in [1.165, 1.54) is 75.9 Å². The van der Waals surface area contributed by atoms with Crippen LogP contribution in [0.2, 0.25) is 5.02 Å². The highest BCUT2D eigenvalue weighted by Crippen LogP contribution is 2.47. The van der Waals surface area contributed by atoms with Gasteiger partial charge in [0.05, 0.1) is 31.8 Å². The van der Waals surface area contributed by atoms with Crippen molar-refractivity contribution >= 4 is 115 Å². The summed E-state index contributed by atoms with van der Waals surface area (Å²) in [5, 5.41) is 11.7. The van der Waals surface area contributed by atoms with E-state index in [9.17, 15) is 0 Å². The van der Waals surface area contributed by atoms with Crippen LogP contribution in [0.5, 0.6) is 0 Å². The second-order valence-corrected chi connectivity index (χ2v) is 19.4. The molecule has 14 rings (SSSR count). The zero-order valence-corrected chi connectivity index (χ0v) is 40.6. The highest BCUT2D eigenvalue weighted by Gasteiger charge is 2.20. The molecule has 1 N–H and O–H groups in total. The molecule has 0 aliphatic rings. The molecule has 0 bridgehead atoms. The maximum absolute atomic E-state index is 6.83. The molecule has 0 radical (unpaired) electrons. The van der Waals surface area contributed by atoms with Crippen LogP contribution < -0.4 is 10.2 Å². The van der Waals surface area contributed by atoms with Gasteiger partial charge in [-0.05, 0) is 132 Å². The first-order valence-electron chi connectivity index (χ1n) is 24.2. The number of benzene rings is 11. The fourth-order valence-corrected chi connectivity index (χ4v) is 11.8. The fraction of sp³-hybridized carbons (Fsp3) is 0. The number of hydrogen-bond donors (Lipinski definition) is 1. The summed E-state index contributed by atoms with van der Waals surface area (Å²) in [6, 6.07) is 94.4. The molecular weight excluding hydrogens is 916 g/mol. The molecule has 0 atom stereocenters. The zero-order chi connectivity index (χ0) is 48.0. The SMILES string of the molecule is Clc1ccc(-c2ccccc2)c2c1sc1ccc(N(c3ccccc3)c3ccc4c(c3)c3ccccc3n4-c3ccccc3)cc12.c1ccc(Nc2ccc3c(c2)c2ccccc2n3-c2ccccc2)cc1. The quantitative estimate of drug-likeness (QED) is 0.164. The van der Waals surface area contributed by atoms with Gasteiger partial charge in [0, 0.05) is 76.8 Å². The molecule has 0 aliphatic heterocycles. The maximum atomic E-state index is 6.83. The van der Waals surface area contributed by atoms with Crippen LogP contribution in [0.3, 0.4) is 0 Å². The molecular formula is C66H45ClN4S. The van der Waals surface area contributed by atoms with Crippen LogP contribution in [0.1, 0.15) is 0 Å². The molecule has 3 aromatic heterocycles. The van der Waals surface area contributed by atoms with Gasteiger partial charge in [0.2, 0.25) is 0 Å². The van der Waals surface area contributed by atoms with Crippen molar-refractivity contribution in [2.24, 2.45) is 0 Å². The molecule has 342 valence electrons. The lowest BCUT2D eigenvalue weighted by molar-refractivity contribution is 1.18. The van der Waals surface area contributed by atoms with Gasteiger partial charge in [0.25, 0.3) is 0 Å². The lowest BCUT2D eigenvalue weighted by atomic mass is 9.99. The van der Waals surface area contributed by atoms with Crippen molar-refractivity contribution in [3.05, 3.63) is 272 Å². The molecule has 11 aromatic carbocycles. The van der Waals surface area contributed by atoms with Crippen molar-refractivity contribution in [2.45, 2.75) is 0 Å². The van der Waals surface area contributed by atoms with Crippen LogP contribution in [0, 0.1) is 0 Å². The first kappa shape index (κ1) is 43.2. The average molecular weight is 962 g/mol. The van der Waals surface area contributed by atoms with Crippen LogP contribution >= 0.6 is 22.9 Å². The Morgan fingerprint density at radius 2 is 0.847 bits per heavy atom. The van der Waals surface area contributed by atoms with E-state index >= 15 is 0 Å². The van der Waals surface area contributed by atoms with Gasteiger partial charge < -0.3 is 19.4 Å². The minimum Gasteiger partial charge on any atom is -0.356 e. The summed E-state index contributed by atoms with van der Waals surface area (Å²) in [5.41, 5.74) is 15.1. The largest absolute Gasteiger partial charge is 0.356 e. The standard InChI is InChI=1S/C42H27ClN2S.C24H18N2/c43-37-23-22-33(28-12-4-1-5-13-28)41-36-27-32(21-25-40(36)46-42(37)41)44(29-14-6-2-7-15-29)31-20-24-39-35(26-31)34-18-10-11-19-38(34)45(39)30-16-8-3-9-17-30;1-3-9-18(10-4-1)25-19-15-16-24-22(17-19)21-13-7-8-14-23(21)26(24)20-11-5-2-6-12-20/h1-27H;1-17,25H. The van der Waals surface area contributed by atoms with Crippen LogP contribution in [-0.4, -0.2) is 9.13 Å². The van der Waals surface area contributed by atoms with Crippen LogP contribution in [0.25, 0.3) is 86.3 Å². The van der Waals surface area contributed by atoms with Gasteiger partial charge in [-0.1, -0.05) is 157 Å². The minimum atomic E-state index is 0.789. The van der Waals surface area contributed by atoms with Crippen LogP contribution in [0.4, 0.5) is 28.4 Å². The van der Waals surface area contributed by atoms with E-state index < -0.39 is 0 Å². The summed E-state index contributed by atoms with van der Waals surface area (Å²) in [5.74, 6) is 0. The number of hydrogen-bond acceptors (Lipinski definition) is 3. The van der Waals surface area contributed by atoms with E-state index in [4.69, 9.17) is 11.6 Å². The van der Waals surface area contributed by atoms with E-state index in [-0.39, 0.29) is 0 Å². The molecule has 0 saturated heterocycles. The van der Waals surface area contributed by atoms with E-state index in [0.29, 0.717) is 0 Å². The first-order valence-corrected chi connectivity index (χ1v) is 25.4. The Bertz CT molecular complexity index is 4240. The fourth-order valence-electron chi connectivity index (χ4n) is 10.4. The average Bonchev–Trinajstić information content (AvgIpc) is 4.11. The second-order valence-electron chi connectivity index (χ2n) is 17.9. The summed E-state index contributed by atoms with van der Waals surface area (Å²) < 4.78 is 7.03. The van der Waals surface area contributed by atoms with Crippen molar-refractivity contribution in [1.29, 1.82) is 0 Å². The monoisotopic (exact) mass is 960 g/mol. The van der Waals surface area contributed by atoms with Gasteiger partial charge >= 0.3 is 0 Å². The summed E-state index contributed by atoms with van der Waals surface area (Å²) in [6.07, 6.45) is 0. The number of anilines is 5. The number of halogens is 1. The Morgan fingerprint density at radius 1 is 0.361 bits per heavy atom. The Morgan fingerprint density at radius 3 is 1.47 bits per heavy atom. The van der Waals surface area contributed by atoms with E-state index in [1.807, 2.05) is 24.3 Å². The molecule has 0 amide bonds. The normalized spacial score (nSPS) is 11.4. The summed E-state index contributed by atoms with van der Waals surface area (Å²) >= 11 is 8.59. The highest BCUT2D eigenvalue weighted by molar-refractivity contribution is 7.26. The van der Waals surface area contributed by atoms with Gasteiger partial charge in [-0.2, -0.15) is 0 Å². The molecule has 0 fully saturated rings. The summed E-state index contributed by atoms with van der Waals surface area (Å²) in [6.45, 7) is 0. The van der Waals surface area contributed by atoms with Crippen molar-refractivity contribution in [2.75, 3.05) is 10.2 Å². The van der Waals surface area contributed by atoms with Crippen molar-refractivity contribution in [1.82, 2.24) is 9.13 Å². The van der Waals surface area contributed by atoms with Crippen LogP contribution in [-0.2, 0) is 0 Å². The number of thiophene rings is 1. The lowest BCUT2D eigenvalue weighted by Crippen LogP contribution is -2.09. The highest BCUT2D eigenvalue weighted by atomic mass is 35.5.